The van der Waals surface area contributed by atoms with Crippen LogP contribution in [0.25, 0.3) is 6.08 Å². The summed E-state index contributed by atoms with van der Waals surface area (Å²) in [6.07, 6.45) is 1.52. The Morgan fingerprint density at radius 2 is 2.17 bits per heavy atom. The first-order valence-electron chi connectivity index (χ1n) is 5.76. The van der Waals surface area contributed by atoms with Crippen molar-refractivity contribution in [1.82, 2.24) is 0 Å². The monoisotopic (exact) mass is 244 g/mol. The normalized spacial score (nSPS) is 25.3. The maximum atomic E-state index is 11.5. The van der Waals surface area contributed by atoms with Crippen LogP contribution in [0.1, 0.15) is 31.1 Å². The van der Waals surface area contributed by atoms with Crippen LogP contribution in [0, 0.1) is 0 Å². The number of epoxide rings is 1. The maximum Gasteiger partial charge on any atom is 0.335 e. The minimum atomic E-state index is -0.894. The first-order valence-corrected chi connectivity index (χ1v) is 5.76. The van der Waals surface area contributed by atoms with E-state index in [-0.39, 0.29) is 6.10 Å². The van der Waals surface area contributed by atoms with Crippen LogP contribution in [0.2, 0.25) is 0 Å². The van der Waals surface area contributed by atoms with Crippen molar-refractivity contribution >= 4 is 12.0 Å². The molecule has 1 aliphatic rings. The van der Waals surface area contributed by atoms with E-state index in [0.717, 1.165) is 11.1 Å². The Balaban J connectivity index is 2.17. The quantitative estimate of drug-likeness (QED) is 0.463. The zero-order valence-corrected chi connectivity index (χ0v) is 10.6. The maximum absolute atomic E-state index is 11.5. The summed E-state index contributed by atoms with van der Waals surface area (Å²) in [6.45, 7) is 10.7. The van der Waals surface area contributed by atoms with Crippen molar-refractivity contribution in [3.8, 4) is 0 Å². The first kappa shape index (κ1) is 12.6. The van der Waals surface area contributed by atoms with E-state index in [1.807, 2.05) is 24.3 Å². The molecule has 0 aromatic heterocycles. The average Bonchev–Trinajstić information content (AvgIpc) is 3.00. The summed E-state index contributed by atoms with van der Waals surface area (Å²) in [7, 11) is 0. The fourth-order valence-electron chi connectivity index (χ4n) is 1.83. The molecule has 18 heavy (non-hydrogen) atoms. The standard InChI is InChI=1S/C15H16O3/c1-5-11-8-6-7-9-12(11)13-15(4,17-13)18-14(16)10(2)3/h5-9,13H,1-2H2,3-4H3. The predicted molar refractivity (Wildman–Crippen MR) is 69.7 cm³/mol. The van der Waals surface area contributed by atoms with Gasteiger partial charge in [0.05, 0.1) is 0 Å². The van der Waals surface area contributed by atoms with Gasteiger partial charge in [-0.15, -0.1) is 0 Å². The molecule has 0 aliphatic carbocycles. The highest BCUT2D eigenvalue weighted by Gasteiger charge is 2.57. The molecular weight excluding hydrogens is 228 g/mol. The minimum absolute atomic E-state index is 0.241. The summed E-state index contributed by atoms with van der Waals surface area (Å²) in [5, 5.41) is 0. The molecule has 0 amide bonds. The lowest BCUT2D eigenvalue weighted by Gasteiger charge is -2.09. The largest absolute Gasteiger partial charge is 0.427 e. The number of esters is 1. The molecule has 2 unspecified atom stereocenters. The van der Waals surface area contributed by atoms with Gasteiger partial charge >= 0.3 is 5.97 Å². The zero-order chi connectivity index (χ0) is 13.3. The van der Waals surface area contributed by atoms with E-state index in [4.69, 9.17) is 9.47 Å². The molecule has 1 heterocycles. The molecule has 0 spiro atoms. The van der Waals surface area contributed by atoms with Crippen LogP contribution in [0.15, 0.2) is 43.0 Å². The molecule has 0 radical (unpaired) electrons. The van der Waals surface area contributed by atoms with Gasteiger partial charge in [0.25, 0.3) is 0 Å². The summed E-state index contributed by atoms with van der Waals surface area (Å²) >= 11 is 0. The summed E-state index contributed by atoms with van der Waals surface area (Å²) < 4.78 is 10.8. The van der Waals surface area contributed by atoms with Crippen LogP contribution < -0.4 is 0 Å². The van der Waals surface area contributed by atoms with E-state index in [1.54, 1.807) is 19.9 Å². The number of hydrogen-bond donors (Lipinski definition) is 0. The van der Waals surface area contributed by atoms with Crippen molar-refractivity contribution < 1.29 is 14.3 Å². The first-order chi connectivity index (χ1) is 8.48. The highest BCUT2D eigenvalue weighted by Crippen LogP contribution is 2.51. The Morgan fingerprint density at radius 3 is 2.78 bits per heavy atom. The molecule has 3 heteroatoms. The second-order valence-electron chi connectivity index (χ2n) is 4.52. The smallest absolute Gasteiger partial charge is 0.335 e. The lowest BCUT2D eigenvalue weighted by atomic mass is 10.0. The van der Waals surface area contributed by atoms with Gasteiger partial charge in [-0.2, -0.15) is 0 Å². The van der Waals surface area contributed by atoms with Gasteiger partial charge in [0.15, 0.2) is 6.10 Å². The predicted octanol–water partition coefficient (Wildman–Crippen LogP) is 3.24. The third kappa shape index (κ3) is 2.22. The number of carbonyl (C=O) groups excluding carboxylic acids is 1. The van der Waals surface area contributed by atoms with Crippen molar-refractivity contribution in [2.45, 2.75) is 25.7 Å². The van der Waals surface area contributed by atoms with Gasteiger partial charge in [-0.25, -0.2) is 4.79 Å². The summed E-state index contributed by atoms with van der Waals surface area (Å²) in [5.41, 5.74) is 2.32. The zero-order valence-electron chi connectivity index (χ0n) is 10.6. The molecule has 2 rings (SSSR count). The molecular formula is C15H16O3. The van der Waals surface area contributed by atoms with Crippen LogP contribution >= 0.6 is 0 Å². The summed E-state index contributed by atoms with van der Waals surface area (Å²) in [6, 6.07) is 7.75. The van der Waals surface area contributed by atoms with Gasteiger partial charge in [0.1, 0.15) is 0 Å². The van der Waals surface area contributed by atoms with E-state index in [2.05, 4.69) is 13.2 Å². The Kier molecular flexibility index (Phi) is 3.09. The van der Waals surface area contributed by atoms with E-state index >= 15 is 0 Å². The summed E-state index contributed by atoms with van der Waals surface area (Å²) in [5.74, 6) is -1.33. The molecule has 1 fully saturated rings. The van der Waals surface area contributed by atoms with Crippen LogP contribution in [0.3, 0.4) is 0 Å². The Morgan fingerprint density at radius 1 is 1.50 bits per heavy atom. The van der Waals surface area contributed by atoms with E-state index in [1.165, 1.54) is 0 Å². The topological polar surface area (TPSA) is 38.8 Å². The Hall–Kier alpha value is -1.87. The van der Waals surface area contributed by atoms with Crippen molar-refractivity contribution in [1.29, 1.82) is 0 Å². The number of rotatable bonds is 4. The van der Waals surface area contributed by atoms with Gasteiger partial charge in [0.2, 0.25) is 5.79 Å². The van der Waals surface area contributed by atoms with Gasteiger partial charge in [-0.1, -0.05) is 43.5 Å². The van der Waals surface area contributed by atoms with Crippen molar-refractivity contribution in [3.63, 3.8) is 0 Å². The molecule has 94 valence electrons. The minimum Gasteiger partial charge on any atom is -0.427 e. The van der Waals surface area contributed by atoms with Crippen LogP contribution in [-0.2, 0) is 14.3 Å². The second-order valence-corrected chi connectivity index (χ2v) is 4.52. The third-order valence-electron chi connectivity index (χ3n) is 2.91. The number of benzene rings is 1. The number of hydrogen-bond acceptors (Lipinski definition) is 3. The number of carbonyl (C=O) groups is 1. The third-order valence-corrected chi connectivity index (χ3v) is 2.91. The van der Waals surface area contributed by atoms with Crippen LogP contribution in [-0.4, -0.2) is 11.8 Å². The molecule has 2 atom stereocenters. The molecule has 1 aliphatic heterocycles. The highest BCUT2D eigenvalue weighted by molar-refractivity contribution is 5.87. The molecule has 1 aromatic rings. The lowest BCUT2D eigenvalue weighted by Crippen LogP contribution is -2.18. The molecule has 1 saturated heterocycles. The van der Waals surface area contributed by atoms with Crippen LogP contribution in [0.5, 0.6) is 0 Å². The van der Waals surface area contributed by atoms with Crippen molar-refractivity contribution in [2.75, 3.05) is 0 Å². The van der Waals surface area contributed by atoms with Crippen molar-refractivity contribution in [3.05, 3.63) is 54.1 Å². The van der Waals surface area contributed by atoms with E-state index in [9.17, 15) is 4.79 Å². The van der Waals surface area contributed by atoms with Gasteiger partial charge < -0.3 is 9.47 Å². The molecule has 0 N–H and O–H groups in total. The van der Waals surface area contributed by atoms with E-state index in [0.29, 0.717) is 5.57 Å². The van der Waals surface area contributed by atoms with Crippen LogP contribution in [0.4, 0.5) is 0 Å². The highest BCUT2D eigenvalue weighted by atomic mass is 16.8. The lowest BCUT2D eigenvalue weighted by molar-refractivity contribution is -0.152. The molecule has 3 nitrogen and oxygen atoms in total. The molecule has 1 aromatic carbocycles. The van der Waals surface area contributed by atoms with Crippen molar-refractivity contribution in [2.24, 2.45) is 0 Å². The summed E-state index contributed by atoms with van der Waals surface area (Å²) in [4.78, 5) is 11.5. The number of ether oxygens (including phenoxy) is 2. The van der Waals surface area contributed by atoms with Gasteiger partial charge in [0, 0.05) is 12.5 Å². The van der Waals surface area contributed by atoms with E-state index < -0.39 is 11.8 Å². The Labute approximate surface area is 107 Å². The average molecular weight is 244 g/mol. The fourth-order valence-corrected chi connectivity index (χ4v) is 1.83. The van der Waals surface area contributed by atoms with Gasteiger partial charge in [-0.05, 0) is 18.1 Å². The Bertz CT molecular complexity index is 518. The molecule has 0 bridgehead atoms. The molecule has 0 saturated carbocycles. The SMILES string of the molecule is C=Cc1ccccc1C1OC1(C)OC(=O)C(=C)C. The second kappa shape index (κ2) is 4.42. The fraction of sp³-hybridized carbons (Fsp3) is 0.267. The van der Waals surface area contributed by atoms with Gasteiger partial charge in [-0.3, -0.25) is 0 Å².